The molecule has 5 heteroatoms. The Kier molecular flexibility index (Phi) is 5.33. The summed E-state index contributed by atoms with van der Waals surface area (Å²) in [5.74, 6) is 3.28. The van der Waals surface area contributed by atoms with Gasteiger partial charge in [0.05, 0.1) is 11.7 Å². The summed E-state index contributed by atoms with van der Waals surface area (Å²) in [6, 6.07) is 4.50. The fourth-order valence-electron chi connectivity index (χ4n) is 8.44. The maximum absolute atomic E-state index is 12.2. The molecule has 0 heterocycles. The molecule has 170 valence electrons. The lowest BCUT2D eigenvalue weighted by atomic mass is 9.45. The highest BCUT2D eigenvalue weighted by Crippen LogP contribution is 2.66. The second-order valence-electron chi connectivity index (χ2n) is 11.3. The second-order valence-corrected chi connectivity index (χ2v) is 11.3. The minimum atomic E-state index is -0.138. The van der Waals surface area contributed by atoms with Crippen LogP contribution in [0.5, 0.6) is 5.75 Å². The number of hydrogen-bond donors (Lipinski definition) is 2. The van der Waals surface area contributed by atoms with Crippen LogP contribution in [0, 0.1) is 34.5 Å². The first kappa shape index (κ1) is 21.3. The number of anilines is 1. The quantitative estimate of drug-likeness (QED) is 0.490. The lowest BCUT2D eigenvalue weighted by Crippen LogP contribution is -2.53. The average molecular weight is 426 g/mol. The van der Waals surface area contributed by atoms with E-state index in [9.17, 15) is 15.5 Å². The van der Waals surface area contributed by atoms with Gasteiger partial charge in [-0.05, 0) is 104 Å². The Labute approximate surface area is 186 Å². The van der Waals surface area contributed by atoms with Gasteiger partial charge in [-0.1, -0.05) is 38.5 Å². The SMILES string of the molecule is C[C@]12CCCC[C@H]1CC[C@H]1[C@@H]2CC[C@@]2(C)[C@@H](N=Cc3cc(N(O)O)ccc3[O-])CC[C@@H]12. The van der Waals surface area contributed by atoms with Gasteiger partial charge in [0.25, 0.3) is 0 Å². The molecule has 0 unspecified atom stereocenters. The van der Waals surface area contributed by atoms with Gasteiger partial charge in [-0.2, -0.15) is 0 Å². The highest BCUT2D eigenvalue weighted by Gasteiger charge is 2.59. The summed E-state index contributed by atoms with van der Waals surface area (Å²) in [6.45, 7) is 5.07. The molecular formula is C26H37N2O3-. The summed E-state index contributed by atoms with van der Waals surface area (Å²) in [5.41, 5.74) is 1.37. The second kappa shape index (κ2) is 7.77. The van der Waals surface area contributed by atoms with Crippen LogP contribution in [0.15, 0.2) is 23.2 Å². The third kappa shape index (κ3) is 3.39. The Morgan fingerprint density at radius 2 is 1.77 bits per heavy atom. The van der Waals surface area contributed by atoms with Gasteiger partial charge in [0, 0.05) is 6.21 Å². The van der Waals surface area contributed by atoms with Gasteiger partial charge in [0.1, 0.15) is 0 Å². The Balaban J connectivity index is 1.36. The van der Waals surface area contributed by atoms with E-state index in [-0.39, 0.29) is 28.1 Å². The molecule has 4 saturated carbocycles. The van der Waals surface area contributed by atoms with Gasteiger partial charge in [-0.3, -0.25) is 15.4 Å². The van der Waals surface area contributed by atoms with Crippen molar-refractivity contribution < 1.29 is 15.5 Å². The minimum absolute atomic E-state index is 0.0488. The number of benzene rings is 1. The van der Waals surface area contributed by atoms with Crippen molar-refractivity contribution in [2.24, 2.45) is 39.5 Å². The number of fused-ring (bicyclic) bond motifs is 5. The van der Waals surface area contributed by atoms with Crippen molar-refractivity contribution in [3.63, 3.8) is 0 Å². The van der Waals surface area contributed by atoms with Gasteiger partial charge in [-0.25, -0.2) is 0 Å². The third-order valence-electron chi connectivity index (χ3n) is 10.2. The molecule has 31 heavy (non-hydrogen) atoms. The van der Waals surface area contributed by atoms with Crippen molar-refractivity contribution in [1.82, 2.24) is 0 Å². The van der Waals surface area contributed by atoms with E-state index >= 15 is 0 Å². The van der Waals surface area contributed by atoms with Crippen LogP contribution in [-0.4, -0.2) is 22.7 Å². The Bertz CT molecular complexity index is 855. The fraction of sp³-hybridized carbons (Fsp3) is 0.731. The Hall–Kier alpha value is -1.59. The standard InChI is InChI=1S/C26H38N2O3/c1-25-13-4-3-5-18(25)6-8-20-21-9-11-24(26(21,2)14-12-22(20)25)27-16-17-15-19(28(30)31)7-10-23(17)29/h7,10,15-16,18,20-22,24,29-31H,3-6,8-9,11-14H2,1-2H3/p-1/t18-,20+,21-,22-,24-,25-,26+/m0/s1. The van der Waals surface area contributed by atoms with Crippen molar-refractivity contribution in [2.45, 2.75) is 84.1 Å². The summed E-state index contributed by atoms with van der Waals surface area (Å²) >= 11 is 0. The van der Waals surface area contributed by atoms with E-state index in [2.05, 4.69) is 13.8 Å². The molecule has 5 nitrogen and oxygen atoms in total. The number of nitrogens with zero attached hydrogens (tertiary/aromatic N) is 2. The van der Waals surface area contributed by atoms with E-state index < -0.39 is 0 Å². The topological polar surface area (TPSA) is 79.1 Å². The largest absolute Gasteiger partial charge is 0.872 e. The zero-order valence-corrected chi connectivity index (χ0v) is 19.0. The molecule has 4 fully saturated rings. The summed E-state index contributed by atoms with van der Waals surface area (Å²) in [6.07, 6.45) is 15.2. The van der Waals surface area contributed by atoms with Crippen LogP contribution in [0.1, 0.15) is 83.6 Å². The van der Waals surface area contributed by atoms with Crippen LogP contribution in [0.3, 0.4) is 0 Å². The molecule has 0 saturated heterocycles. The molecule has 0 amide bonds. The molecule has 2 N–H and O–H groups in total. The van der Waals surface area contributed by atoms with Crippen LogP contribution in [0.4, 0.5) is 5.69 Å². The molecule has 1 aromatic rings. The van der Waals surface area contributed by atoms with Crippen LogP contribution < -0.4 is 10.3 Å². The first-order chi connectivity index (χ1) is 14.8. The molecule has 0 aliphatic heterocycles. The summed E-state index contributed by atoms with van der Waals surface area (Å²) in [7, 11) is 0. The fourth-order valence-corrected chi connectivity index (χ4v) is 8.44. The molecule has 0 radical (unpaired) electrons. The lowest BCUT2D eigenvalue weighted by Gasteiger charge is -2.60. The molecule has 0 spiro atoms. The van der Waals surface area contributed by atoms with Gasteiger partial charge in [0.15, 0.2) is 0 Å². The first-order valence-corrected chi connectivity index (χ1v) is 12.3. The Morgan fingerprint density at radius 3 is 2.58 bits per heavy atom. The van der Waals surface area contributed by atoms with Crippen molar-refractivity contribution in [3.05, 3.63) is 23.8 Å². The predicted molar refractivity (Wildman–Crippen MR) is 120 cm³/mol. The minimum Gasteiger partial charge on any atom is -0.872 e. The molecule has 5 rings (SSSR count). The summed E-state index contributed by atoms with van der Waals surface area (Å²) < 4.78 is 0. The predicted octanol–water partition coefficient (Wildman–Crippen LogP) is 5.57. The number of hydrogen-bond acceptors (Lipinski definition) is 5. The molecule has 4 aliphatic carbocycles. The van der Waals surface area contributed by atoms with Gasteiger partial charge < -0.3 is 5.11 Å². The normalized spacial score (nSPS) is 42.1. The van der Waals surface area contributed by atoms with E-state index in [4.69, 9.17) is 4.99 Å². The molecular weight excluding hydrogens is 388 g/mol. The van der Waals surface area contributed by atoms with E-state index in [0.717, 1.165) is 30.1 Å². The molecule has 4 aliphatic rings. The van der Waals surface area contributed by atoms with E-state index in [1.54, 1.807) is 6.21 Å². The molecule has 0 bridgehead atoms. The summed E-state index contributed by atoms with van der Waals surface area (Å²) in [4.78, 5) is 4.94. The molecule has 7 atom stereocenters. The Morgan fingerprint density at radius 1 is 0.968 bits per heavy atom. The summed E-state index contributed by atoms with van der Waals surface area (Å²) in [5, 5.41) is 30.8. The number of rotatable bonds is 3. The molecule has 0 aromatic heterocycles. The maximum atomic E-state index is 12.2. The lowest BCUT2D eigenvalue weighted by molar-refractivity contribution is -0.268. The molecule has 1 aromatic carbocycles. The van der Waals surface area contributed by atoms with Crippen molar-refractivity contribution in [2.75, 3.05) is 5.23 Å². The van der Waals surface area contributed by atoms with Crippen LogP contribution in [0.2, 0.25) is 0 Å². The third-order valence-corrected chi connectivity index (χ3v) is 10.2. The zero-order chi connectivity index (χ0) is 21.8. The van der Waals surface area contributed by atoms with Crippen LogP contribution >= 0.6 is 0 Å². The van der Waals surface area contributed by atoms with Gasteiger partial charge in [0.2, 0.25) is 0 Å². The van der Waals surface area contributed by atoms with Crippen molar-refractivity contribution in [1.29, 1.82) is 0 Å². The maximum Gasteiger partial charge on any atom is 0.0948 e. The van der Waals surface area contributed by atoms with Gasteiger partial charge >= 0.3 is 0 Å². The highest BCUT2D eigenvalue weighted by atomic mass is 16.8. The van der Waals surface area contributed by atoms with E-state index in [1.807, 2.05) is 0 Å². The van der Waals surface area contributed by atoms with Crippen molar-refractivity contribution >= 4 is 11.9 Å². The van der Waals surface area contributed by atoms with Crippen LogP contribution in [-0.2, 0) is 0 Å². The monoisotopic (exact) mass is 425 g/mol. The average Bonchev–Trinajstić information content (AvgIpc) is 3.09. The van der Waals surface area contributed by atoms with Crippen LogP contribution in [0.25, 0.3) is 0 Å². The van der Waals surface area contributed by atoms with Gasteiger partial charge in [-0.15, -0.1) is 5.23 Å². The van der Waals surface area contributed by atoms with E-state index in [0.29, 0.717) is 11.0 Å². The smallest absolute Gasteiger partial charge is 0.0948 e. The number of aliphatic imine (C=N–C) groups is 1. The highest BCUT2D eigenvalue weighted by molar-refractivity contribution is 5.85. The first-order valence-electron chi connectivity index (χ1n) is 12.3. The zero-order valence-electron chi connectivity index (χ0n) is 19.0. The van der Waals surface area contributed by atoms with Crippen molar-refractivity contribution in [3.8, 4) is 5.75 Å². The van der Waals surface area contributed by atoms with E-state index in [1.165, 1.54) is 76.0 Å².